The van der Waals surface area contributed by atoms with E-state index in [1.165, 1.54) is 55.5 Å². The summed E-state index contributed by atoms with van der Waals surface area (Å²) in [5.74, 6) is -0.527. The minimum Gasteiger partial charge on any atom is -0.396 e. The summed E-state index contributed by atoms with van der Waals surface area (Å²) in [6, 6.07) is 13.7. The van der Waals surface area contributed by atoms with Gasteiger partial charge in [0.25, 0.3) is 5.91 Å². The number of amides is 1. The topological polar surface area (TPSA) is 109 Å². The van der Waals surface area contributed by atoms with Crippen LogP contribution in [0.4, 0.5) is 18.9 Å². The molecule has 0 saturated carbocycles. The molecule has 3 aromatic carbocycles. The van der Waals surface area contributed by atoms with Crippen LogP contribution in [0.1, 0.15) is 33.5 Å². The number of halogens is 3. The lowest BCUT2D eigenvalue weighted by Crippen LogP contribution is -2.16. The average molecular weight is 493 g/mol. The predicted octanol–water partition coefficient (Wildman–Crippen LogP) is 4.51. The molecule has 0 spiro atoms. The SMILES string of the molecule is Cc1cc(C(=O)Nc2ccc(-c3ccccc3C(F)(F)F)c(CCCO)c2)ccc1S(N)(=O)=O. The molecule has 1 amide bonds. The zero-order chi connectivity index (χ0) is 25.1. The number of aryl methyl sites for hydroxylation is 2. The summed E-state index contributed by atoms with van der Waals surface area (Å²) < 4.78 is 63.8. The molecule has 0 aromatic heterocycles. The lowest BCUT2D eigenvalue weighted by atomic mass is 9.92. The maximum Gasteiger partial charge on any atom is 0.417 e. The highest BCUT2D eigenvalue weighted by Gasteiger charge is 2.33. The van der Waals surface area contributed by atoms with E-state index in [2.05, 4.69) is 5.32 Å². The highest BCUT2D eigenvalue weighted by atomic mass is 32.2. The van der Waals surface area contributed by atoms with Crippen molar-refractivity contribution in [2.24, 2.45) is 5.14 Å². The largest absolute Gasteiger partial charge is 0.417 e. The molecule has 6 nitrogen and oxygen atoms in total. The summed E-state index contributed by atoms with van der Waals surface area (Å²) >= 11 is 0. The van der Waals surface area contributed by atoms with E-state index in [0.717, 1.165) is 6.07 Å². The smallest absolute Gasteiger partial charge is 0.396 e. The third kappa shape index (κ3) is 5.82. The highest BCUT2D eigenvalue weighted by molar-refractivity contribution is 7.89. The number of sulfonamides is 1. The highest BCUT2D eigenvalue weighted by Crippen LogP contribution is 2.39. The van der Waals surface area contributed by atoms with E-state index >= 15 is 0 Å². The van der Waals surface area contributed by atoms with Crippen LogP contribution in [0, 0.1) is 6.92 Å². The van der Waals surface area contributed by atoms with Crippen LogP contribution in [0.3, 0.4) is 0 Å². The first-order chi connectivity index (χ1) is 15.9. The number of hydrogen-bond donors (Lipinski definition) is 3. The van der Waals surface area contributed by atoms with Gasteiger partial charge in [-0.2, -0.15) is 13.2 Å². The molecule has 3 aromatic rings. The van der Waals surface area contributed by atoms with E-state index in [4.69, 9.17) is 5.14 Å². The van der Waals surface area contributed by atoms with Gasteiger partial charge in [0.1, 0.15) is 0 Å². The fourth-order valence-electron chi connectivity index (χ4n) is 3.69. The molecule has 0 aliphatic carbocycles. The Morgan fingerprint density at radius 1 is 1.03 bits per heavy atom. The number of primary sulfonamides is 1. The first-order valence-corrected chi connectivity index (χ1v) is 11.8. The number of rotatable bonds is 7. The summed E-state index contributed by atoms with van der Waals surface area (Å²) in [6.45, 7) is 1.36. The standard InChI is InChI=1S/C24H23F3N2O4S/c1-15-13-17(8-11-22(15)34(28,32)33)23(31)29-18-9-10-19(16(14-18)5-4-12-30)20-6-2-3-7-21(20)24(25,26)27/h2-3,6-11,13-14,30H,4-5,12H2,1H3,(H,29,31)(H2,28,32,33). The van der Waals surface area contributed by atoms with Crippen LogP contribution in [0.25, 0.3) is 11.1 Å². The van der Waals surface area contributed by atoms with E-state index in [9.17, 15) is 31.5 Å². The molecule has 0 atom stereocenters. The van der Waals surface area contributed by atoms with Gasteiger partial charge in [0, 0.05) is 17.9 Å². The Hall–Kier alpha value is -3.21. The number of nitrogens with two attached hydrogens (primary N) is 1. The third-order valence-corrected chi connectivity index (χ3v) is 6.30. The fraction of sp³-hybridized carbons (Fsp3) is 0.208. The second-order valence-corrected chi connectivity index (χ2v) is 9.25. The van der Waals surface area contributed by atoms with Crippen molar-refractivity contribution in [1.29, 1.82) is 0 Å². The van der Waals surface area contributed by atoms with E-state index in [0.29, 0.717) is 35.2 Å². The molecule has 34 heavy (non-hydrogen) atoms. The zero-order valence-corrected chi connectivity index (χ0v) is 19.0. The van der Waals surface area contributed by atoms with Gasteiger partial charge in [-0.05, 0) is 78.4 Å². The maximum atomic E-state index is 13.5. The van der Waals surface area contributed by atoms with Crippen LogP contribution in [0.15, 0.2) is 65.6 Å². The summed E-state index contributed by atoms with van der Waals surface area (Å²) in [6.07, 6.45) is -3.92. The first-order valence-electron chi connectivity index (χ1n) is 10.3. The third-order valence-electron chi connectivity index (χ3n) is 5.23. The Morgan fingerprint density at radius 3 is 2.35 bits per heavy atom. The number of aliphatic hydroxyl groups excluding tert-OH is 1. The summed E-state index contributed by atoms with van der Waals surface area (Å²) in [5, 5.41) is 17.1. The summed E-state index contributed by atoms with van der Waals surface area (Å²) in [7, 11) is -3.93. The van der Waals surface area contributed by atoms with Crippen LogP contribution < -0.4 is 10.5 Å². The van der Waals surface area contributed by atoms with E-state index in [-0.39, 0.29) is 22.6 Å². The van der Waals surface area contributed by atoms with Crippen molar-refractivity contribution in [3.63, 3.8) is 0 Å². The molecule has 0 bridgehead atoms. The van der Waals surface area contributed by atoms with Gasteiger partial charge >= 0.3 is 6.18 Å². The molecule has 10 heteroatoms. The molecule has 0 unspecified atom stereocenters. The zero-order valence-electron chi connectivity index (χ0n) is 18.2. The first kappa shape index (κ1) is 25.4. The number of nitrogens with one attached hydrogen (secondary N) is 1. The minimum absolute atomic E-state index is 0.00928. The second-order valence-electron chi connectivity index (χ2n) is 7.72. The summed E-state index contributed by atoms with van der Waals surface area (Å²) in [5.41, 5.74) is 0.958. The number of hydrogen-bond acceptors (Lipinski definition) is 4. The van der Waals surface area contributed by atoms with Crippen molar-refractivity contribution < 1.29 is 31.5 Å². The van der Waals surface area contributed by atoms with Crippen LogP contribution in [0.5, 0.6) is 0 Å². The Balaban J connectivity index is 1.96. The van der Waals surface area contributed by atoms with E-state index < -0.39 is 27.7 Å². The second kappa shape index (κ2) is 9.96. The van der Waals surface area contributed by atoms with Gasteiger partial charge in [-0.15, -0.1) is 0 Å². The molecule has 0 heterocycles. The molecule has 0 fully saturated rings. The van der Waals surface area contributed by atoms with E-state index in [1.54, 1.807) is 6.07 Å². The van der Waals surface area contributed by atoms with Crippen molar-refractivity contribution in [3.05, 3.63) is 82.9 Å². The van der Waals surface area contributed by atoms with Crippen LogP contribution in [-0.4, -0.2) is 26.0 Å². The minimum atomic E-state index is -4.54. The normalized spacial score (nSPS) is 11.9. The van der Waals surface area contributed by atoms with Crippen LogP contribution in [-0.2, 0) is 22.6 Å². The predicted molar refractivity (Wildman–Crippen MR) is 123 cm³/mol. The molecule has 0 radical (unpaired) electrons. The van der Waals surface area contributed by atoms with Crippen molar-refractivity contribution in [2.75, 3.05) is 11.9 Å². The molecule has 4 N–H and O–H groups in total. The fourth-order valence-corrected chi connectivity index (χ4v) is 4.45. The molecule has 3 rings (SSSR count). The molecule has 0 aliphatic rings. The number of aliphatic hydroxyl groups is 1. The molecule has 0 saturated heterocycles. The number of alkyl halides is 3. The summed E-state index contributed by atoms with van der Waals surface area (Å²) in [4.78, 5) is 12.6. The lowest BCUT2D eigenvalue weighted by molar-refractivity contribution is -0.137. The van der Waals surface area contributed by atoms with Gasteiger partial charge < -0.3 is 10.4 Å². The quantitative estimate of drug-likeness (QED) is 0.451. The molecule has 0 aliphatic heterocycles. The van der Waals surface area contributed by atoms with Gasteiger partial charge in [0.05, 0.1) is 10.5 Å². The van der Waals surface area contributed by atoms with Gasteiger partial charge in [0.2, 0.25) is 10.0 Å². The monoisotopic (exact) mass is 492 g/mol. The van der Waals surface area contributed by atoms with Crippen molar-refractivity contribution in [1.82, 2.24) is 0 Å². The van der Waals surface area contributed by atoms with Gasteiger partial charge in [0.15, 0.2) is 0 Å². The molecular weight excluding hydrogens is 469 g/mol. The molecular formula is C24H23F3N2O4S. The van der Waals surface area contributed by atoms with Gasteiger partial charge in [-0.1, -0.05) is 24.3 Å². The Bertz CT molecular complexity index is 1320. The number of carbonyl (C=O) groups is 1. The van der Waals surface area contributed by atoms with E-state index in [1.807, 2.05) is 0 Å². The molecule has 180 valence electrons. The average Bonchev–Trinajstić information content (AvgIpc) is 2.76. The van der Waals surface area contributed by atoms with Crippen molar-refractivity contribution in [3.8, 4) is 11.1 Å². The Morgan fingerprint density at radius 2 is 1.74 bits per heavy atom. The van der Waals surface area contributed by atoms with Crippen molar-refractivity contribution >= 4 is 21.6 Å². The van der Waals surface area contributed by atoms with Gasteiger partial charge in [-0.25, -0.2) is 13.6 Å². The van der Waals surface area contributed by atoms with Gasteiger partial charge in [-0.3, -0.25) is 4.79 Å². The number of carbonyl (C=O) groups excluding carboxylic acids is 1. The lowest BCUT2D eigenvalue weighted by Gasteiger charge is -2.17. The van der Waals surface area contributed by atoms with Crippen molar-refractivity contribution in [2.45, 2.75) is 30.8 Å². The number of benzene rings is 3. The number of anilines is 1. The Labute approximate surface area is 195 Å². The maximum absolute atomic E-state index is 13.5. The van der Waals surface area contributed by atoms with Crippen LogP contribution in [0.2, 0.25) is 0 Å². The Kier molecular flexibility index (Phi) is 7.44. The van der Waals surface area contributed by atoms with Crippen LogP contribution >= 0.6 is 0 Å².